The molecule has 1 heterocycles. The first kappa shape index (κ1) is 24.4. The summed E-state index contributed by atoms with van der Waals surface area (Å²) >= 11 is 1.58. The lowest BCUT2D eigenvalue weighted by molar-refractivity contribution is 0.0953. The lowest BCUT2D eigenvalue weighted by Crippen LogP contribution is -2.25. The van der Waals surface area contributed by atoms with Crippen LogP contribution in [0.2, 0.25) is 0 Å². The second-order valence-electron chi connectivity index (χ2n) is 6.96. The van der Waals surface area contributed by atoms with Crippen LogP contribution in [0.5, 0.6) is 23.0 Å². The van der Waals surface area contributed by atoms with Crippen LogP contribution in [0.25, 0.3) is 11.3 Å². The molecule has 33 heavy (non-hydrogen) atoms. The van der Waals surface area contributed by atoms with Gasteiger partial charge in [-0.25, -0.2) is 4.98 Å². The number of methoxy groups -OCH3 is 1. The molecule has 0 saturated carbocycles. The molecule has 3 aromatic rings. The minimum absolute atomic E-state index is 0.202. The molecule has 0 spiro atoms. The molecule has 0 fully saturated rings. The minimum atomic E-state index is -0.202. The van der Waals surface area contributed by atoms with Crippen LogP contribution in [0.15, 0.2) is 41.8 Å². The van der Waals surface area contributed by atoms with Gasteiger partial charge in [-0.2, -0.15) is 0 Å². The fourth-order valence-electron chi connectivity index (χ4n) is 3.22. The summed E-state index contributed by atoms with van der Waals surface area (Å²) in [5.74, 6) is 2.13. The quantitative estimate of drug-likeness (QED) is 0.402. The Morgan fingerprint density at radius 1 is 0.970 bits per heavy atom. The summed E-state index contributed by atoms with van der Waals surface area (Å²) in [5.41, 5.74) is 2.41. The SMILES string of the molecule is CCOc1cc(C(=O)NCCc2nc(-c3ccc(OC)cc3)cs2)cc(OCC)c1OCC. The Morgan fingerprint density at radius 3 is 2.18 bits per heavy atom. The molecule has 1 amide bonds. The number of hydrogen-bond acceptors (Lipinski definition) is 7. The van der Waals surface area contributed by atoms with Gasteiger partial charge in [0.05, 0.1) is 37.6 Å². The maximum Gasteiger partial charge on any atom is 0.251 e. The van der Waals surface area contributed by atoms with Gasteiger partial charge in [0, 0.05) is 29.5 Å². The maximum absolute atomic E-state index is 12.8. The number of thiazole rings is 1. The zero-order valence-electron chi connectivity index (χ0n) is 19.5. The normalized spacial score (nSPS) is 10.5. The highest BCUT2D eigenvalue weighted by atomic mass is 32.1. The summed E-state index contributed by atoms with van der Waals surface area (Å²) in [4.78, 5) is 17.5. The number of hydrogen-bond donors (Lipinski definition) is 1. The molecule has 8 heteroatoms. The van der Waals surface area contributed by atoms with E-state index in [4.69, 9.17) is 18.9 Å². The number of carbonyl (C=O) groups is 1. The average molecular weight is 471 g/mol. The first-order valence-electron chi connectivity index (χ1n) is 11.0. The highest BCUT2D eigenvalue weighted by molar-refractivity contribution is 7.09. The van der Waals surface area contributed by atoms with Gasteiger partial charge in [0.2, 0.25) is 5.75 Å². The zero-order chi connectivity index (χ0) is 23.6. The van der Waals surface area contributed by atoms with Crippen molar-refractivity contribution in [2.75, 3.05) is 33.5 Å². The second-order valence-corrected chi connectivity index (χ2v) is 7.90. The van der Waals surface area contributed by atoms with Crippen molar-refractivity contribution < 1.29 is 23.7 Å². The standard InChI is InChI=1S/C25H30N2O5S/c1-5-30-21-14-18(15-22(31-6-2)24(21)32-7-3)25(28)26-13-12-23-27-20(16-33-23)17-8-10-19(29-4)11-9-17/h8-11,14-16H,5-7,12-13H2,1-4H3,(H,26,28). The Morgan fingerprint density at radius 2 is 1.61 bits per heavy atom. The van der Waals surface area contributed by atoms with Crippen LogP contribution in [0.1, 0.15) is 36.1 Å². The molecule has 1 aromatic heterocycles. The highest BCUT2D eigenvalue weighted by Gasteiger charge is 2.18. The van der Waals surface area contributed by atoms with Crippen LogP contribution in [-0.2, 0) is 6.42 Å². The third kappa shape index (κ3) is 6.38. The Labute approximate surface area is 198 Å². The molecule has 7 nitrogen and oxygen atoms in total. The fourth-order valence-corrected chi connectivity index (χ4v) is 4.03. The van der Waals surface area contributed by atoms with E-state index >= 15 is 0 Å². The molecule has 0 aliphatic carbocycles. The van der Waals surface area contributed by atoms with E-state index in [2.05, 4.69) is 10.3 Å². The average Bonchev–Trinajstić information content (AvgIpc) is 3.30. The number of aromatic nitrogens is 1. The van der Waals surface area contributed by atoms with Gasteiger partial charge in [-0.05, 0) is 57.2 Å². The third-order valence-electron chi connectivity index (χ3n) is 4.73. The molecular formula is C25H30N2O5S. The van der Waals surface area contributed by atoms with Gasteiger partial charge < -0.3 is 24.3 Å². The number of ether oxygens (including phenoxy) is 4. The molecule has 0 aliphatic rings. The molecule has 3 rings (SSSR count). The largest absolute Gasteiger partial charge is 0.497 e. The zero-order valence-corrected chi connectivity index (χ0v) is 20.3. The molecule has 0 atom stereocenters. The summed E-state index contributed by atoms with van der Waals surface area (Å²) in [6.45, 7) is 7.51. The molecule has 0 unspecified atom stereocenters. The van der Waals surface area contributed by atoms with Crippen molar-refractivity contribution in [3.05, 3.63) is 52.3 Å². The van der Waals surface area contributed by atoms with Crippen LogP contribution in [0.3, 0.4) is 0 Å². The van der Waals surface area contributed by atoms with E-state index in [0.29, 0.717) is 55.6 Å². The van der Waals surface area contributed by atoms with Crippen molar-refractivity contribution in [3.63, 3.8) is 0 Å². The van der Waals surface area contributed by atoms with Crippen molar-refractivity contribution >= 4 is 17.2 Å². The van der Waals surface area contributed by atoms with E-state index in [1.54, 1.807) is 30.6 Å². The van der Waals surface area contributed by atoms with Gasteiger partial charge in [0.25, 0.3) is 5.91 Å². The maximum atomic E-state index is 12.8. The van der Waals surface area contributed by atoms with Gasteiger partial charge >= 0.3 is 0 Å². The van der Waals surface area contributed by atoms with Gasteiger partial charge in [-0.1, -0.05) is 0 Å². The molecule has 0 aliphatic heterocycles. The molecule has 0 radical (unpaired) electrons. The molecule has 176 valence electrons. The van der Waals surface area contributed by atoms with Crippen LogP contribution in [0.4, 0.5) is 0 Å². The predicted molar refractivity (Wildman–Crippen MR) is 130 cm³/mol. The first-order valence-corrected chi connectivity index (χ1v) is 11.9. The predicted octanol–water partition coefficient (Wildman–Crippen LogP) is 4.99. The van der Waals surface area contributed by atoms with Gasteiger partial charge in [0.1, 0.15) is 5.75 Å². The molecular weight excluding hydrogens is 440 g/mol. The van der Waals surface area contributed by atoms with Crippen molar-refractivity contribution in [1.29, 1.82) is 0 Å². The van der Waals surface area contributed by atoms with Gasteiger partial charge in [-0.3, -0.25) is 4.79 Å². The third-order valence-corrected chi connectivity index (χ3v) is 5.64. The van der Waals surface area contributed by atoms with Crippen LogP contribution in [-0.4, -0.2) is 44.4 Å². The molecule has 0 bridgehead atoms. The number of amides is 1. The monoisotopic (exact) mass is 470 g/mol. The van der Waals surface area contributed by atoms with E-state index < -0.39 is 0 Å². The van der Waals surface area contributed by atoms with Crippen LogP contribution >= 0.6 is 11.3 Å². The fraction of sp³-hybridized carbons (Fsp3) is 0.360. The summed E-state index contributed by atoms with van der Waals surface area (Å²) in [7, 11) is 1.65. The summed E-state index contributed by atoms with van der Waals surface area (Å²) in [6, 6.07) is 11.2. The van der Waals surface area contributed by atoms with E-state index in [0.717, 1.165) is 22.0 Å². The lowest BCUT2D eigenvalue weighted by atomic mass is 10.1. The smallest absolute Gasteiger partial charge is 0.251 e. The summed E-state index contributed by atoms with van der Waals surface area (Å²) in [6.07, 6.45) is 0.639. The Hall–Kier alpha value is -3.26. The van der Waals surface area contributed by atoms with Crippen molar-refractivity contribution in [2.45, 2.75) is 27.2 Å². The highest BCUT2D eigenvalue weighted by Crippen LogP contribution is 2.39. The summed E-state index contributed by atoms with van der Waals surface area (Å²) in [5, 5.41) is 5.94. The topological polar surface area (TPSA) is 78.9 Å². The summed E-state index contributed by atoms with van der Waals surface area (Å²) < 4.78 is 22.3. The van der Waals surface area contributed by atoms with E-state index in [9.17, 15) is 4.79 Å². The number of nitrogens with zero attached hydrogens (tertiary/aromatic N) is 1. The number of carbonyl (C=O) groups excluding carboxylic acids is 1. The van der Waals surface area contributed by atoms with E-state index in [1.807, 2.05) is 50.4 Å². The lowest BCUT2D eigenvalue weighted by Gasteiger charge is -2.17. The molecule has 2 aromatic carbocycles. The number of rotatable bonds is 12. The minimum Gasteiger partial charge on any atom is -0.497 e. The van der Waals surface area contributed by atoms with Gasteiger partial charge in [0.15, 0.2) is 11.5 Å². The second kappa shape index (κ2) is 12.1. The van der Waals surface area contributed by atoms with Crippen molar-refractivity contribution in [3.8, 4) is 34.3 Å². The van der Waals surface area contributed by atoms with Crippen molar-refractivity contribution in [1.82, 2.24) is 10.3 Å². The number of benzene rings is 2. The Kier molecular flexibility index (Phi) is 8.95. The molecule has 0 saturated heterocycles. The Bertz CT molecular complexity index is 1020. The number of nitrogens with one attached hydrogen (secondary N) is 1. The van der Waals surface area contributed by atoms with E-state index in [1.165, 1.54) is 0 Å². The van der Waals surface area contributed by atoms with Crippen molar-refractivity contribution in [2.24, 2.45) is 0 Å². The molecule has 1 N–H and O–H groups in total. The first-order chi connectivity index (χ1) is 16.1. The van der Waals surface area contributed by atoms with E-state index in [-0.39, 0.29) is 5.91 Å². The van der Waals surface area contributed by atoms with Crippen LogP contribution < -0.4 is 24.3 Å². The Balaban J connectivity index is 1.65. The van der Waals surface area contributed by atoms with Crippen LogP contribution in [0, 0.1) is 0 Å². The van der Waals surface area contributed by atoms with Gasteiger partial charge in [-0.15, -0.1) is 11.3 Å².